The number of aromatic nitrogens is 3. The normalized spacial score (nSPS) is 16.8. The number of ether oxygens (including phenoxy) is 1. The Morgan fingerprint density at radius 1 is 1.15 bits per heavy atom. The van der Waals surface area contributed by atoms with Crippen LogP contribution < -0.4 is 5.73 Å². The standard InChI is InChI=1S/C26H31N5O2Si/c1-34(2,3)14-11-19-16-23(31-24(19)25(27)28-17-29-31)18-5-4-6-20(15-18)26(32)30(21-7-8-21)22-9-12-33-13-10-22/h4-6,15-17,21-22H,7-10,12-13H2,1-3H3,(H2,27,28,29). The first kappa shape index (κ1) is 22.6. The molecule has 5 rings (SSSR count). The Bertz CT molecular complexity index is 1290. The van der Waals surface area contributed by atoms with Crippen LogP contribution in [0.25, 0.3) is 16.8 Å². The van der Waals surface area contributed by atoms with Crippen molar-refractivity contribution in [3.8, 4) is 22.7 Å². The lowest BCUT2D eigenvalue weighted by Gasteiger charge is -2.34. The zero-order valence-electron chi connectivity index (χ0n) is 20.0. The lowest BCUT2D eigenvalue weighted by atomic mass is 10.0. The van der Waals surface area contributed by atoms with E-state index in [0.29, 0.717) is 22.9 Å². The number of rotatable bonds is 4. The first-order valence-corrected chi connectivity index (χ1v) is 15.5. The zero-order valence-corrected chi connectivity index (χ0v) is 21.0. The van der Waals surface area contributed by atoms with Gasteiger partial charge in [0.05, 0.1) is 11.3 Å². The van der Waals surface area contributed by atoms with Gasteiger partial charge in [-0.3, -0.25) is 4.79 Å². The number of hydrogen-bond donors (Lipinski definition) is 1. The molecule has 1 saturated heterocycles. The summed E-state index contributed by atoms with van der Waals surface area (Å²) < 4.78 is 7.32. The summed E-state index contributed by atoms with van der Waals surface area (Å²) in [6.45, 7) is 8.06. The Hall–Kier alpha value is -3.15. The van der Waals surface area contributed by atoms with Crippen LogP contribution in [0.2, 0.25) is 19.6 Å². The lowest BCUT2D eigenvalue weighted by molar-refractivity contribution is 0.0267. The molecule has 2 aliphatic rings. The highest BCUT2D eigenvalue weighted by atomic mass is 28.3. The van der Waals surface area contributed by atoms with Crippen LogP contribution in [0.5, 0.6) is 0 Å². The summed E-state index contributed by atoms with van der Waals surface area (Å²) >= 11 is 0. The summed E-state index contributed by atoms with van der Waals surface area (Å²) in [5.74, 6) is 3.82. The largest absolute Gasteiger partial charge is 0.382 e. The molecule has 0 unspecified atom stereocenters. The van der Waals surface area contributed by atoms with Gasteiger partial charge < -0.3 is 15.4 Å². The maximum atomic E-state index is 13.7. The first-order chi connectivity index (χ1) is 16.3. The maximum Gasteiger partial charge on any atom is 0.254 e. The van der Waals surface area contributed by atoms with Crippen molar-refractivity contribution in [2.75, 3.05) is 18.9 Å². The lowest BCUT2D eigenvalue weighted by Crippen LogP contribution is -2.44. The van der Waals surface area contributed by atoms with Gasteiger partial charge in [0.15, 0.2) is 5.82 Å². The minimum atomic E-state index is -1.58. The van der Waals surface area contributed by atoms with Crippen LogP contribution >= 0.6 is 0 Å². The van der Waals surface area contributed by atoms with Crippen molar-refractivity contribution in [1.82, 2.24) is 19.5 Å². The molecule has 0 radical (unpaired) electrons. The molecule has 1 amide bonds. The van der Waals surface area contributed by atoms with Gasteiger partial charge in [0, 0.05) is 36.4 Å². The van der Waals surface area contributed by atoms with Gasteiger partial charge in [0.2, 0.25) is 0 Å². The van der Waals surface area contributed by atoms with Crippen molar-refractivity contribution in [3.63, 3.8) is 0 Å². The number of carbonyl (C=O) groups is 1. The highest BCUT2D eigenvalue weighted by Crippen LogP contribution is 2.34. The average molecular weight is 474 g/mol. The Labute approximate surface area is 201 Å². The molecule has 1 aliphatic heterocycles. The number of nitrogen functional groups attached to an aromatic ring is 1. The smallest absolute Gasteiger partial charge is 0.254 e. The third-order valence-electron chi connectivity index (χ3n) is 6.32. The SMILES string of the molecule is C[Si](C)(C)C#Cc1cc(-c2cccc(C(=O)N(C3CCOCC3)C3CC3)c2)n2ncnc(N)c12. The van der Waals surface area contributed by atoms with Crippen molar-refractivity contribution in [3.05, 3.63) is 47.8 Å². The van der Waals surface area contributed by atoms with Crippen molar-refractivity contribution in [1.29, 1.82) is 0 Å². The van der Waals surface area contributed by atoms with E-state index in [1.165, 1.54) is 6.33 Å². The van der Waals surface area contributed by atoms with Gasteiger partial charge in [0.25, 0.3) is 5.91 Å². The molecule has 1 saturated carbocycles. The topological polar surface area (TPSA) is 85.8 Å². The second-order valence-corrected chi connectivity index (χ2v) is 15.0. The maximum absolute atomic E-state index is 13.7. The molecule has 34 heavy (non-hydrogen) atoms. The molecule has 2 aromatic heterocycles. The van der Waals surface area contributed by atoms with E-state index in [2.05, 4.69) is 46.1 Å². The van der Waals surface area contributed by atoms with Crippen molar-refractivity contribution in [2.45, 2.75) is 57.4 Å². The molecule has 7 nitrogen and oxygen atoms in total. The molecule has 0 atom stereocenters. The highest BCUT2D eigenvalue weighted by molar-refractivity contribution is 6.83. The monoisotopic (exact) mass is 473 g/mol. The van der Waals surface area contributed by atoms with E-state index < -0.39 is 8.07 Å². The van der Waals surface area contributed by atoms with E-state index in [4.69, 9.17) is 10.5 Å². The number of carbonyl (C=O) groups excluding carboxylic acids is 1. The fraction of sp³-hybridized carbons (Fsp3) is 0.423. The third kappa shape index (κ3) is 4.59. The molecule has 3 aromatic rings. The molecule has 0 bridgehead atoms. The van der Waals surface area contributed by atoms with Gasteiger partial charge in [-0.25, -0.2) is 9.50 Å². The van der Waals surface area contributed by atoms with Crippen LogP contribution in [-0.4, -0.2) is 58.8 Å². The van der Waals surface area contributed by atoms with E-state index in [-0.39, 0.29) is 11.9 Å². The summed E-state index contributed by atoms with van der Waals surface area (Å²) in [7, 11) is -1.58. The predicted molar refractivity (Wildman–Crippen MR) is 136 cm³/mol. The molecule has 176 valence electrons. The quantitative estimate of drug-likeness (QED) is 0.457. The number of fused-ring (bicyclic) bond motifs is 1. The van der Waals surface area contributed by atoms with Crippen LogP contribution in [0, 0.1) is 11.5 Å². The van der Waals surface area contributed by atoms with E-state index >= 15 is 0 Å². The molecule has 3 heterocycles. The predicted octanol–water partition coefficient (Wildman–Crippen LogP) is 3.99. The highest BCUT2D eigenvalue weighted by Gasteiger charge is 2.38. The summed E-state index contributed by atoms with van der Waals surface area (Å²) in [6, 6.07) is 10.4. The van der Waals surface area contributed by atoms with E-state index in [1.54, 1.807) is 4.52 Å². The molecule has 2 N–H and O–H groups in total. The van der Waals surface area contributed by atoms with E-state index in [1.807, 2.05) is 30.3 Å². The Kier molecular flexibility index (Phi) is 5.92. The minimum absolute atomic E-state index is 0.102. The summed E-state index contributed by atoms with van der Waals surface area (Å²) in [4.78, 5) is 20.0. The zero-order chi connectivity index (χ0) is 23.9. The van der Waals surface area contributed by atoms with Gasteiger partial charge in [-0.1, -0.05) is 37.7 Å². The molecule has 0 spiro atoms. The fourth-order valence-electron chi connectivity index (χ4n) is 4.53. The van der Waals surface area contributed by atoms with Gasteiger partial charge in [-0.15, -0.1) is 5.54 Å². The van der Waals surface area contributed by atoms with Crippen molar-refractivity contribution in [2.24, 2.45) is 0 Å². The summed E-state index contributed by atoms with van der Waals surface area (Å²) in [6.07, 6.45) is 5.43. The van der Waals surface area contributed by atoms with Gasteiger partial charge in [-0.2, -0.15) is 5.10 Å². The van der Waals surface area contributed by atoms with Crippen LogP contribution in [0.1, 0.15) is 41.6 Å². The van der Waals surface area contributed by atoms with Crippen LogP contribution in [0.4, 0.5) is 5.82 Å². The average Bonchev–Trinajstić information content (AvgIpc) is 3.58. The first-order valence-electron chi connectivity index (χ1n) is 12.0. The molecule has 2 fully saturated rings. The summed E-state index contributed by atoms with van der Waals surface area (Å²) in [5, 5.41) is 4.46. The van der Waals surface area contributed by atoms with Gasteiger partial charge in [0.1, 0.15) is 19.9 Å². The van der Waals surface area contributed by atoms with E-state index in [0.717, 1.165) is 55.7 Å². The Balaban J connectivity index is 1.54. The number of nitrogens with zero attached hydrogens (tertiary/aromatic N) is 4. The molecular formula is C26H31N5O2Si. The van der Waals surface area contributed by atoms with E-state index in [9.17, 15) is 4.79 Å². The van der Waals surface area contributed by atoms with Gasteiger partial charge in [-0.05, 0) is 43.9 Å². The number of amides is 1. The van der Waals surface area contributed by atoms with Crippen LogP contribution in [-0.2, 0) is 4.74 Å². The third-order valence-corrected chi connectivity index (χ3v) is 7.19. The van der Waals surface area contributed by atoms with Crippen LogP contribution in [0.15, 0.2) is 36.7 Å². The number of benzene rings is 1. The van der Waals surface area contributed by atoms with Gasteiger partial charge >= 0.3 is 0 Å². The number of hydrogen-bond acceptors (Lipinski definition) is 5. The summed E-state index contributed by atoms with van der Waals surface area (Å²) in [5.41, 5.74) is 13.6. The molecular weight excluding hydrogens is 442 g/mol. The Morgan fingerprint density at radius 3 is 2.59 bits per heavy atom. The molecule has 1 aliphatic carbocycles. The fourth-order valence-corrected chi connectivity index (χ4v) is 5.04. The number of anilines is 1. The van der Waals surface area contributed by atoms with Crippen molar-refractivity contribution < 1.29 is 9.53 Å². The number of nitrogens with two attached hydrogens (primary N) is 1. The Morgan fingerprint density at radius 2 is 1.88 bits per heavy atom. The molecule has 8 heteroatoms. The minimum Gasteiger partial charge on any atom is -0.382 e. The second kappa shape index (κ2) is 8.89. The molecule has 1 aromatic carbocycles. The van der Waals surface area contributed by atoms with Crippen LogP contribution in [0.3, 0.4) is 0 Å². The second-order valence-electron chi connectivity index (χ2n) is 10.2. The van der Waals surface area contributed by atoms with Crippen molar-refractivity contribution >= 4 is 25.3 Å².